The quantitative estimate of drug-likeness (QED) is 0.731. The summed E-state index contributed by atoms with van der Waals surface area (Å²) in [5.41, 5.74) is -1.68. The molecule has 1 aromatic carbocycles. The Kier molecular flexibility index (Phi) is 5.31. The molecule has 1 atom stereocenters. The Bertz CT molecular complexity index is 845. The van der Waals surface area contributed by atoms with E-state index in [0.717, 1.165) is 24.5 Å². The van der Waals surface area contributed by atoms with E-state index in [1.54, 1.807) is 0 Å². The van der Waals surface area contributed by atoms with E-state index in [2.05, 4.69) is 5.32 Å². The average molecular weight is 373 g/mol. The summed E-state index contributed by atoms with van der Waals surface area (Å²) < 4.78 is 65.4. The van der Waals surface area contributed by atoms with Crippen molar-refractivity contribution < 1.29 is 31.2 Å². The highest BCUT2D eigenvalue weighted by Gasteiger charge is 2.34. The lowest BCUT2D eigenvalue weighted by Gasteiger charge is -2.21. The van der Waals surface area contributed by atoms with Crippen molar-refractivity contribution in [1.29, 1.82) is 0 Å². The molecule has 25 heavy (non-hydrogen) atoms. The molecule has 10 heteroatoms. The molecule has 0 aliphatic carbocycles. The molecule has 1 aromatic rings. The first-order valence-corrected chi connectivity index (χ1v) is 8.49. The Hall–Kier alpha value is -2.62. The van der Waals surface area contributed by atoms with Crippen LogP contribution in [0.5, 0.6) is 0 Å². The average Bonchev–Trinajstić information content (AvgIpc) is 2.53. The number of ketones is 1. The summed E-state index contributed by atoms with van der Waals surface area (Å²) in [5, 5.41) is 2.47. The molecule has 0 bridgehead atoms. The number of benzene rings is 1. The third kappa shape index (κ3) is 4.69. The lowest BCUT2D eigenvalue weighted by atomic mass is 10.1. The number of sulfonamides is 1. The number of hydrogen-bond donors (Lipinski definition) is 2. The zero-order chi connectivity index (χ0) is 18.7. The maximum absolute atomic E-state index is 13.0. The second kappa shape index (κ2) is 7.09. The van der Waals surface area contributed by atoms with Crippen molar-refractivity contribution in [3.63, 3.8) is 0 Å². The number of carbonyl (C=O) groups excluding carboxylic acids is 2. The molecule has 0 fully saturated rings. The minimum absolute atomic E-state index is 0.180. The Balaban J connectivity index is 2.26. The summed E-state index contributed by atoms with van der Waals surface area (Å²) in [6, 6.07) is 2.98. The zero-order valence-corrected chi connectivity index (χ0v) is 13.3. The van der Waals surface area contributed by atoms with Gasteiger partial charge in [0.1, 0.15) is 6.04 Å². The molecule has 0 aromatic heterocycles. The molecule has 0 saturated carbocycles. The van der Waals surface area contributed by atoms with Crippen LogP contribution in [0.1, 0.15) is 11.1 Å². The Morgan fingerprint density at radius 2 is 1.96 bits per heavy atom. The SMILES string of the molecule is O=[C]C(=O)C1NC=CC=C1NS(=O)(=O)Cc1ccccc1C(F)(F)F. The minimum atomic E-state index is -4.70. The van der Waals surface area contributed by atoms with Crippen molar-refractivity contribution in [3.8, 4) is 0 Å². The van der Waals surface area contributed by atoms with Crippen LogP contribution in [-0.2, 0) is 31.5 Å². The van der Waals surface area contributed by atoms with Gasteiger partial charge in [-0.2, -0.15) is 13.2 Å². The van der Waals surface area contributed by atoms with Gasteiger partial charge in [-0.3, -0.25) is 14.3 Å². The molecule has 1 heterocycles. The van der Waals surface area contributed by atoms with Crippen molar-refractivity contribution in [2.45, 2.75) is 18.0 Å². The topological polar surface area (TPSA) is 92.3 Å². The standard InChI is InChI=1S/C15H12F3N2O4S/c16-15(17,18)11-5-2-1-4-10(11)9-25(23,24)20-12-6-3-7-19-14(12)13(22)8-21/h1-7,14,19-20H,9H2. The molecule has 2 N–H and O–H groups in total. The molecule has 1 aliphatic heterocycles. The van der Waals surface area contributed by atoms with E-state index in [0.29, 0.717) is 0 Å². The number of hydrogen-bond acceptors (Lipinski definition) is 5. The van der Waals surface area contributed by atoms with Crippen molar-refractivity contribution in [1.82, 2.24) is 10.0 Å². The Morgan fingerprint density at radius 3 is 2.60 bits per heavy atom. The van der Waals surface area contributed by atoms with Crippen LogP contribution in [-0.4, -0.2) is 26.5 Å². The van der Waals surface area contributed by atoms with Crippen LogP contribution < -0.4 is 10.0 Å². The molecule has 6 nitrogen and oxygen atoms in total. The molecule has 2 rings (SSSR count). The van der Waals surface area contributed by atoms with Crippen molar-refractivity contribution in [3.05, 3.63) is 59.4 Å². The lowest BCUT2D eigenvalue weighted by molar-refractivity contribution is -0.138. The molecule has 1 radical (unpaired) electrons. The Labute approximate surface area is 141 Å². The lowest BCUT2D eigenvalue weighted by Crippen LogP contribution is -2.44. The van der Waals surface area contributed by atoms with Gasteiger partial charge >= 0.3 is 6.18 Å². The maximum Gasteiger partial charge on any atom is 0.416 e. The van der Waals surface area contributed by atoms with Crippen molar-refractivity contribution in [2.24, 2.45) is 0 Å². The van der Waals surface area contributed by atoms with Gasteiger partial charge in [-0.15, -0.1) is 0 Å². The molecular formula is C15H12F3N2O4S. The minimum Gasteiger partial charge on any atom is -0.376 e. The normalized spacial score (nSPS) is 17.4. The van der Waals surface area contributed by atoms with E-state index in [1.165, 1.54) is 24.4 Å². The van der Waals surface area contributed by atoms with Gasteiger partial charge in [0.25, 0.3) is 6.29 Å². The summed E-state index contributed by atoms with van der Waals surface area (Å²) in [4.78, 5) is 22.0. The fourth-order valence-electron chi connectivity index (χ4n) is 2.20. The van der Waals surface area contributed by atoms with Gasteiger partial charge in [0.2, 0.25) is 15.8 Å². The second-order valence-electron chi connectivity index (χ2n) is 5.06. The summed E-state index contributed by atoms with van der Waals surface area (Å²) in [6.07, 6.45) is 0.330. The van der Waals surface area contributed by atoms with Crippen LogP contribution in [0.25, 0.3) is 0 Å². The number of Topliss-reactive ketones (excluding diaryl/α,β-unsaturated/α-hetero) is 1. The number of rotatable bonds is 6. The summed E-state index contributed by atoms with van der Waals surface area (Å²) in [6.45, 7) is 0. The number of allylic oxidation sites excluding steroid dienone is 2. The number of carbonyl (C=O) groups is 1. The number of nitrogens with one attached hydrogen (secondary N) is 2. The van der Waals surface area contributed by atoms with Gasteiger partial charge in [0.05, 0.1) is 17.0 Å². The third-order valence-corrected chi connectivity index (χ3v) is 4.49. The van der Waals surface area contributed by atoms with Gasteiger partial charge in [-0.05, 0) is 30.0 Å². The van der Waals surface area contributed by atoms with Crippen LogP contribution in [0.2, 0.25) is 0 Å². The van der Waals surface area contributed by atoms with Gasteiger partial charge in [0, 0.05) is 0 Å². The fraction of sp³-hybridized carbons (Fsp3) is 0.200. The van der Waals surface area contributed by atoms with Gasteiger partial charge in [-0.25, -0.2) is 8.42 Å². The summed E-state index contributed by atoms with van der Waals surface area (Å²) in [7, 11) is -4.27. The molecule has 0 spiro atoms. The molecule has 0 amide bonds. The van der Waals surface area contributed by atoms with E-state index < -0.39 is 44.9 Å². The number of halogens is 3. The van der Waals surface area contributed by atoms with Crippen LogP contribution in [0, 0.1) is 0 Å². The van der Waals surface area contributed by atoms with E-state index >= 15 is 0 Å². The van der Waals surface area contributed by atoms with E-state index in [1.807, 2.05) is 4.72 Å². The predicted octanol–water partition coefficient (Wildman–Crippen LogP) is 1.17. The van der Waals surface area contributed by atoms with Gasteiger partial charge in [-0.1, -0.05) is 18.2 Å². The largest absolute Gasteiger partial charge is 0.416 e. The van der Waals surface area contributed by atoms with Gasteiger partial charge in [0.15, 0.2) is 0 Å². The van der Waals surface area contributed by atoms with Crippen molar-refractivity contribution in [2.75, 3.05) is 0 Å². The first-order valence-electron chi connectivity index (χ1n) is 6.84. The number of dihydropyridines is 1. The predicted molar refractivity (Wildman–Crippen MR) is 82.1 cm³/mol. The monoisotopic (exact) mass is 373 g/mol. The highest BCUT2D eigenvalue weighted by Crippen LogP contribution is 2.32. The fourth-order valence-corrected chi connectivity index (χ4v) is 3.48. The second-order valence-corrected chi connectivity index (χ2v) is 6.79. The zero-order valence-electron chi connectivity index (χ0n) is 12.5. The van der Waals surface area contributed by atoms with Crippen LogP contribution in [0.4, 0.5) is 13.2 Å². The highest BCUT2D eigenvalue weighted by atomic mass is 32.2. The van der Waals surface area contributed by atoms with E-state index in [9.17, 15) is 31.2 Å². The maximum atomic E-state index is 13.0. The Morgan fingerprint density at radius 1 is 1.28 bits per heavy atom. The summed E-state index contributed by atoms with van der Waals surface area (Å²) >= 11 is 0. The highest BCUT2D eigenvalue weighted by molar-refractivity contribution is 7.88. The number of alkyl halides is 3. The van der Waals surface area contributed by atoms with Crippen LogP contribution in [0.15, 0.2) is 48.3 Å². The first kappa shape index (κ1) is 18.7. The smallest absolute Gasteiger partial charge is 0.376 e. The summed E-state index contributed by atoms with van der Waals surface area (Å²) in [5.74, 6) is -2.00. The van der Waals surface area contributed by atoms with Crippen LogP contribution in [0.3, 0.4) is 0 Å². The molecule has 1 unspecified atom stereocenters. The third-order valence-electron chi connectivity index (χ3n) is 3.25. The molecule has 1 aliphatic rings. The molecule has 0 saturated heterocycles. The van der Waals surface area contributed by atoms with Crippen molar-refractivity contribution >= 4 is 22.1 Å². The van der Waals surface area contributed by atoms with Gasteiger partial charge < -0.3 is 5.32 Å². The van der Waals surface area contributed by atoms with Crippen LogP contribution >= 0.6 is 0 Å². The molecular weight excluding hydrogens is 361 g/mol. The molecule has 133 valence electrons. The van der Waals surface area contributed by atoms with E-state index in [4.69, 9.17) is 0 Å². The van der Waals surface area contributed by atoms with E-state index in [-0.39, 0.29) is 5.70 Å². The first-order chi connectivity index (χ1) is 11.6.